The molecule has 2 aromatic rings. The lowest BCUT2D eigenvalue weighted by molar-refractivity contribution is -0.141. The van der Waals surface area contributed by atoms with Gasteiger partial charge >= 0.3 is 0 Å². The molecule has 0 amide bonds. The third kappa shape index (κ3) is 5.08. The van der Waals surface area contributed by atoms with Crippen LogP contribution >= 0.6 is 0 Å². The Hall–Kier alpha value is -4.27. The molecular weight excluding hydrogens is 484 g/mol. The van der Waals surface area contributed by atoms with Crippen LogP contribution in [0.15, 0.2) is 66.7 Å². The molecule has 2 heterocycles. The summed E-state index contributed by atoms with van der Waals surface area (Å²) in [6, 6.07) is 8.05. The Morgan fingerprint density at radius 2 is 1.97 bits per heavy atom. The van der Waals surface area contributed by atoms with E-state index >= 15 is 0 Å². The summed E-state index contributed by atoms with van der Waals surface area (Å²) >= 11 is 0. The topological polar surface area (TPSA) is 112 Å². The predicted molar refractivity (Wildman–Crippen MR) is 156 cm³/mol. The minimum Gasteiger partial charge on any atom is -0.383 e. The van der Waals surface area contributed by atoms with Crippen molar-refractivity contribution >= 4 is 22.3 Å². The zero-order valence-corrected chi connectivity index (χ0v) is 23.1. The van der Waals surface area contributed by atoms with Crippen molar-refractivity contribution in [1.82, 2.24) is 21.0 Å². The Bertz CT molecular complexity index is 1460. The van der Waals surface area contributed by atoms with Gasteiger partial charge in [0.25, 0.3) is 0 Å². The number of rotatable bonds is 9. The first-order chi connectivity index (χ1) is 18.7. The molecule has 0 unspecified atom stereocenters. The van der Waals surface area contributed by atoms with Crippen molar-refractivity contribution < 1.29 is 0 Å². The molecule has 4 aliphatic rings. The van der Waals surface area contributed by atoms with Gasteiger partial charge in [-0.1, -0.05) is 51.7 Å². The van der Waals surface area contributed by atoms with E-state index in [1.54, 1.807) is 0 Å². The highest BCUT2D eigenvalue weighted by atomic mass is 15.7. The molecule has 4 N–H and O–H groups in total. The van der Waals surface area contributed by atoms with Crippen LogP contribution in [0.2, 0.25) is 0 Å². The number of aromatic nitrogens is 1. The van der Waals surface area contributed by atoms with Crippen molar-refractivity contribution in [3.8, 4) is 12.1 Å². The zero-order chi connectivity index (χ0) is 27.8. The Morgan fingerprint density at radius 3 is 2.59 bits per heavy atom. The molecule has 0 spiro atoms. The average Bonchev–Trinajstić information content (AvgIpc) is 3.31. The maximum atomic E-state index is 10.0. The van der Waals surface area contributed by atoms with E-state index in [9.17, 15) is 10.5 Å². The van der Waals surface area contributed by atoms with E-state index in [0.29, 0.717) is 28.9 Å². The Labute approximate surface area is 230 Å². The van der Waals surface area contributed by atoms with Gasteiger partial charge in [0.2, 0.25) is 0 Å². The van der Waals surface area contributed by atoms with Crippen LogP contribution in [0, 0.1) is 34.0 Å². The van der Waals surface area contributed by atoms with Crippen molar-refractivity contribution in [2.45, 2.75) is 58.5 Å². The third-order valence-electron chi connectivity index (χ3n) is 7.72. The molecule has 1 aromatic heterocycles. The Morgan fingerprint density at radius 1 is 1.23 bits per heavy atom. The molecule has 1 atom stereocenters. The van der Waals surface area contributed by atoms with Gasteiger partial charge in [0.1, 0.15) is 12.1 Å². The summed E-state index contributed by atoms with van der Waals surface area (Å²) in [4.78, 5) is 4.48. The zero-order valence-electron chi connectivity index (χ0n) is 23.1. The highest BCUT2D eigenvalue weighted by molar-refractivity contribution is 5.99. The van der Waals surface area contributed by atoms with Gasteiger partial charge in [-0.25, -0.2) is 0 Å². The molecule has 8 nitrogen and oxygen atoms in total. The summed E-state index contributed by atoms with van der Waals surface area (Å²) in [5.74, 6) is 0.868. The van der Waals surface area contributed by atoms with Crippen molar-refractivity contribution in [2.24, 2.45) is 11.3 Å². The fourth-order valence-electron chi connectivity index (χ4n) is 5.48. The van der Waals surface area contributed by atoms with E-state index in [1.807, 2.05) is 43.4 Å². The van der Waals surface area contributed by atoms with Crippen LogP contribution in [-0.2, 0) is 0 Å². The van der Waals surface area contributed by atoms with Crippen molar-refractivity contribution in [2.75, 3.05) is 17.2 Å². The molecule has 3 saturated carbocycles. The highest BCUT2D eigenvalue weighted by Gasteiger charge is 2.60. The SMILES string of the molecule is C=C(/C=C\C=C/C)[C@H](Nc1cc(C#N)c2ncc(C#N)c(NCC(C)(C)C)c2c1)C1=CN(C23CC(C2)C3)NN1. The molecule has 0 radical (unpaired) electrons. The van der Waals surface area contributed by atoms with Gasteiger partial charge in [0, 0.05) is 30.0 Å². The first-order valence-corrected chi connectivity index (χ1v) is 13.4. The van der Waals surface area contributed by atoms with Gasteiger partial charge in [-0.3, -0.25) is 9.99 Å². The standard InChI is InChI=1S/C31H36N8/c1-6-7-8-9-20(2)27(26-18-39(38-37-26)31-12-21(13-31)14-31)36-24-10-22(15-32)28-25(11-24)29(23(16-33)17-34-28)35-19-30(3,4)5/h6-11,17-18,21,27,36-38H,2,12-14,19H2,1,3-5H3,(H,34,35)/b7-6-,9-8-/t21?,27-,31?/m0/s1. The number of hydrogen-bond donors (Lipinski definition) is 4. The molecule has 0 saturated heterocycles. The third-order valence-corrected chi connectivity index (χ3v) is 7.72. The molecule has 39 heavy (non-hydrogen) atoms. The largest absolute Gasteiger partial charge is 0.383 e. The van der Waals surface area contributed by atoms with Gasteiger partial charge in [-0.2, -0.15) is 10.5 Å². The number of pyridine rings is 1. The van der Waals surface area contributed by atoms with E-state index < -0.39 is 0 Å². The van der Waals surface area contributed by atoms with Crippen LogP contribution in [0.25, 0.3) is 10.9 Å². The Balaban J connectivity index is 1.53. The van der Waals surface area contributed by atoms with E-state index in [4.69, 9.17) is 0 Å². The second-order valence-corrected chi connectivity index (χ2v) is 12.0. The second-order valence-electron chi connectivity index (χ2n) is 12.0. The van der Waals surface area contributed by atoms with Gasteiger partial charge in [0.05, 0.1) is 39.6 Å². The van der Waals surface area contributed by atoms with Gasteiger partial charge in [-0.05, 0) is 55.2 Å². The molecule has 6 rings (SSSR count). The van der Waals surface area contributed by atoms with E-state index in [0.717, 1.165) is 28.3 Å². The maximum absolute atomic E-state index is 10.0. The molecule has 1 aliphatic heterocycles. The first kappa shape index (κ1) is 26.3. The number of benzene rings is 1. The lowest BCUT2D eigenvalue weighted by Crippen LogP contribution is -2.69. The number of nitrogens with zero attached hydrogens (tertiary/aromatic N) is 4. The normalized spacial score (nSPS) is 22.5. The summed E-state index contributed by atoms with van der Waals surface area (Å²) in [5.41, 5.74) is 11.6. The molecule has 8 heteroatoms. The van der Waals surface area contributed by atoms with E-state index in [-0.39, 0.29) is 17.0 Å². The number of hydrazine groups is 2. The lowest BCUT2D eigenvalue weighted by atomic mass is 9.49. The van der Waals surface area contributed by atoms with Gasteiger partial charge < -0.3 is 16.1 Å². The van der Waals surface area contributed by atoms with Crippen LogP contribution in [-0.4, -0.2) is 28.1 Å². The van der Waals surface area contributed by atoms with Crippen LogP contribution < -0.4 is 21.6 Å². The van der Waals surface area contributed by atoms with Crippen LogP contribution in [0.4, 0.5) is 11.4 Å². The summed E-state index contributed by atoms with van der Waals surface area (Å²) < 4.78 is 0. The molecular formula is C31H36N8. The number of anilines is 2. The maximum Gasteiger partial charge on any atom is 0.103 e. The summed E-state index contributed by atoms with van der Waals surface area (Å²) in [7, 11) is 0. The Kier molecular flexibility index (Phi) is 6.84. The molecule has 3 aliphatic carbocycles. The number of nitriles is 2. The van der Waals surface area contributed by atoms with Crippen LogP contribution in [0.5, 0.6) is 0 Å². The molecule has 200 valence electrons. The monoisotopic (exact) mass is 520 g/mol. The quantitative estimate of drug-likeness (QED) is 0.315. The minimum atomic E-state index is -0.279. The van der Waals surface area contributed by atoms with E-state index in [2.05, 4.69) is 77.3 Å². The lowest BCUT2D eigenvalue weighted by Gasteiger charge is -2.64. The summed E-state index contributed by atoms with van der Waals surface area (Å²) in [6.45, 7) is 13.4. The fraction of sp³-hybridized carbons (Fsp3) is 0.387. The number of allylic oxidation sites excluding steroid dienone is 3. The first-order valence-electron chi connectivity index (χ1n) is 13.4. The minimum absolute atomic E-state index is 0.00175. The molecule has 3 fully saturated rings. The van der Waals surface area contributed by atoms with Gasteiger partial charge in [-0.15, -0.1) is 5.53 Å². The second kappa shape index (κ2) is 10.1. The van der Waals surface area contributed by atoms with E-state index in [1.165, 1.54) is 25.5 Å². The van der Waals surface area contributed by atoms with Crippen molar-refractivity contribution in [3.05, 3.63) is 77.8 Å². The number of hydrogen-bond acceptors (Lipinski definition) is 8. The number of nitrogens with one attached hydrogen (secondary N) is 4. The highest BCUT2D eigenvalue weighted by Crippen LogP contribution is 2.60. The fourth-order valence-corrected chi connectivity index (χ4v) is 5.48. The summed E-state index contributed by atoms with van der Waals surface area (Å²) in [5, 5.41) is 29.8. The van der Waals surface area contributed by atoms with Crippen molar-refractivity contribution in [3.63, 3.8) is 0 Å². The smallest absolute Gasteiger partial charge is 0.103 e. The van der Waals surface area contributed by atoms with Gasteiger partial charge in [0.15, 0.2) is 0 Å². The molecule has 1 aromatic carbocycles. The van der Waals surface area contributed by atoms with Crippen molar-refractivity contribution in [1.29, 1.82) is 10.5 Å². The molecule has 2 bridgehead atoms. The number of fused-ring (bicyclic) bond motifs is 1. The average molecular weight is 521 g/mol. The summed E-state index contributed by atoms with van der Waals surface area (Å²) in [6.07, 6.45) is 15.2. The predicted octanol–water partition coefficient (Wildman–Crippen LogP) is 5.62. The van der Waals surface area contributed by atoms with Crippen LogP contribution in [0.3, 0.4) is 0 Å². The van der Waals surface area contributed by atoms with Crippen LogP contribution in [0.1, 0.15) is 58.1 Å².